The van der Waals surface area contributed by atoms with Gasteiger partial charge in [0.15, 0.2) is 0 Å². The van der Waals surface area contributed by atoms with Gasteiger partial charge >= 0.3 is 0 Å². The van der Waals surface area contributed by atoms with E-state index in [1.54, 1.807) is 0 Å². The average Bonchev–Trinajstić information content (AvgIpc) is 3.29. The molecule has 1 saturated heterocycles. The summed E-state index contributed by atoms with van der Waals surface area (Å²) in [6.45, 7) is 1.91. The maximum absolute atomic E-state index is 12.3. The van der Waals surface area contributed by atoms with Gasteiger partial charge in [0, 0.05) is 25.0 Å². The number of likely N-dealkylation sites (tertiary alicyclic amines) is 1. The summed E-state index contributed by atoms with van der Waals surface area (Å²) < 4.78 is 0. The van der Waals surface area contributed by atoms with Crippen molar-refractivity contribution >= 4 is 5.91 Å². The van der Waals surface area contributed by atoms with Crippen LogP contribution >= 0.6 is 0 Å². The first kappa shape index (κ1) is 15.5. The van der Waals surface area contributed by atoms with Crippen LogP contribution in [0.2, 0.25) is 0 Å². The summed E-state index contributed by atoms with van der Waals surface area (Å²) in [7, 11) is 0. The quantitative estimate of drug-likeness (QED) is 0.908. The molecule has 0 radical (unpaired) electrons. The van der Waals surface area contributed by atoms with Crippen molar-refractivity contribution < 1.29 is 4.79 Å². The third-order valence-electron chi connectivity index (χ3n) is 5.06. The number of hydrogen-bond donors (Lipinski definition) is 1. The molecular formula is C19H28N2O. The van der Waals surface area contributed by atoms with E-state index in [0.717, 1.165) is 38.8 Å². The number of carbonyl (C=O) groups excluding carboxylic acids is 1. The van der Waals surface area contributed by atoms with E-state index in [4.69, 9.17) is 5.73 Å². The topological polar surface area (TPSA) is 46.3 Å². The lowest BCUT2D eigenvalue weighted by molar-refractivity contribution is -0.131. The number of hydrogen-bond acceptors (Lipinski definition) is 2. The Morgan fingerprint density at radius 2 is 1.59 bits per heavy atom. The third-order valence-corrected chi connectivity index (χ3v) is 5.06. The smallest absolute Gasteiger partial charge is 0.222 e. The Balaban J connectivity index is 1.47. The number of aryl methyl sites for hydroxylation is 1. The Bertz CT molecular complexity index is 497. The highest BCUT2D eigenvalue weighted by molar-refractivity contribution is 5.76. The molecule has 2 N–H and O–H groups in total. The highest BCUT2D eigenvalue weighted by Crippen LogP contribution is 2.35. The van der Waals surface area contributed by atoms with Crippen LogP contribution in [0.15, 0.2) is 24.3 Å². The van der Waals surface area contributed by atoms with Crippen LogP contribution in [0.25, 0.3) is 0 Å². The number of benzene rings is 1. The van der Waals surface area contributed by atoms with Crippen molar-refractivity contribution in [3.63, 3.8) is 0 Å². The minimum absolute atomic E-state index is 0.0737. The number of rotatable bonds is 5. The van der Waals surface area contributed by atoms with Gasteiger partial charge in [-0.1, -0.05) is 37.1 Å². The first-order chi connectivity index (χ1) is 10.6. The minimum atomic E-state index is 0.0737. The minimum Gasteiger partial charge on any atom is -0.343 e. The van der Waals surface area contributed by atoms with Crippen LogP contribution in [-0.2, 0) is 17.6 Å². The Hall–Kier alpha value is -1.35. The maximum Gasteiger partial charge on any atom is 0.222 e. The molecule has 2 fully saturated rings. The first-order valence-corrected chi connectivity index (χ1v) is 8.79. The van der Waals surface area contributed by atoms with Crippen molar-refractivity contribution in [2.24, 2.45) is 5.73 Å². The average molecular weight is 300 g/mol. The SMILES string of the molecule is NC1(Cc2ccc(CCC(=O)N3CCCCCC3)cc2)CC1. The molecule has 1 aromatic carbocycles. The highest BCUT2D eigenvalue weighted by Gasteiger charge is 2.37. The van der Waals surface area contributed by atoms with Gasteiger partial charge in [0.1, 0.15) is 0 Å². The molecule has 3 rings (SSSR count). The van der Waals surface area contributed by atoms with Gasteiger partial charge < -0.3 is 10.6 Å². The summed E-state index contributed by atoms with van der Waals surface area (Å²) in [6.07, 6.45) is 9.66. The van der Waals surface area contributed by atoms with Crippen molar-refractivity contribution in [3.8, 4) is 0 Å². The highest BCUT2D eigenvalue weighted by atomic mass is 16.2. The van der Waals surface area contributed by atoms with Gasteiger partial charge in [-0.3, -0.25) is 4.79 Å². The molecule has 1 aliphatic heterocycles. The number of amides is 1. The summed E-state index contributed by atoms with van der Waals surface area (Å²) in [5, 5.41) is 0. The van der Waals surface area contributed by atoms with Crippen molar-refractivity contribution in [3.05, 3.63) is 35.4 Å². The van der Waals surface area contributed by atoms with Crippen LogP contribution in [0.4, 0.5) is 0 Å². The molecule has 22 heavy (non-hydrogen) atoms. The second-order valence-electron chi connectivity index (χ2n) is 7.15. The van der Waals surface area contributed by atoms with E-state index < -0.39 is 0 Å². The molecule has 3 heteroatoms. The zero-order valence-corrected chi connectivity index (χ0v) is 13.5. The van der Waals surface area contributed by atoms with Gasteiger partial charge in [0.05, 0.1) is 0 Å². The van der Waals surface area contributed by atoms with Crippen LogP contribution in [0, 0.1) is 0 Å². The number of carbonyl (C=O) groups is 1. The molecule has 0 spiro atoms. The molecule has 1 saturated carbocycles. The monoisotopic (exact) mass is 300 g/mol. The normalized spacial score (nSPS) is 20.5. The van der Waals surface area contributed by atoms with Crippen LogP contribution in [-0.4, -0.2) is 29.4 Å². The summed E-state index contributed by atoms with van der Waals surface area (Å²) in [5.74, 6) is 0.324. The Morgan fingerprint density at radius 1 is 1.00 bits per heavy atom. The van der Waals surface area contributed by atoms with Gasteiger partial charge in [-0.15, -0.1) is 0 Å². The van der Waals surface area contributed by atoms with E-state index in [1.807, 2.05) is 0 Å². The fraction of sp³-hybridized carbons (Fsp3) is 0.632. The third kappa shape index (κ3) is 4.33. The number of nitrogens with two attached hydrogens (primary N) is 1. The lowest BCUT2D eigenvalue weighted by Crippen LogP contribution is -2.31. The predicted molar refractivity (Wildman–Crippen MR) is 89.7 cm³/mol. The summed E-state index contributed by atoms with van der Waals surface area (Å²) in [6, 6.07) is 8.69. The van der Waals surface area contributed by atoms with E-state index in [9.17, 15) is 4.79 Å². The Morgan fingerprint density at radius 3 is 2.18 bits per heavy atom. The number of nitrogens with zero attached hydrogens (tertiary/aromatic N) is 1. The van der Waals surface area contributed by atoms with E-state index in [0.29, 0.717) is 12.3 Å². The second kappa shape index (κ2) is 6.82. The van der Waals surface area contributed by atoms with Crippen LogP contribution in [0.1, 0.15) is 56.1 Å². The van der Waals surface area contributed by atoms with Gasteiger partial charge in [0.2, 0.25) is 5.91 Å². The van der Waals surface area contributed by atoms with E-state index in [1.165, 1.54) is 36.8 Å². The molecule has 1 aromatic rings. The van der Waals surface area contributed by atoms with Crippen LogP contribution in [0.5, 0.6) is 0 Å². The molecule has 1 heterocycles. The molecular weight excluding hydrogens is 272 g/mol. The lowest BCUT2D eigenvalue weighted by atomic mass is 10.0. The van der Waals surface area contributed by atoms with Crippen molar-refractivity contribution in [1.29, 1.82) is 0 Å². The van der Waals surface area contributed by atoms with E-state index >= 15 is 0 Å². The predicted octanol–water partition coefficient (Wildman–Crippen LogP) is 3.06. The van der Waals surface area contributed by atoms with Crippen LogP contribution in [0.3, 0.4) is 0 Å². The van der Waals surface area contributed by atoms with Gasteiger partial charge in [-0.05, 0) is 49.7 Å². The zero-order chi connectivity index (χ0) is 15.4. The van der Waals surface area contributed by atoms with Gasteiger partial charge in [-0.2, -0.15) is 0 Å². The van der Waals surface area contributed by atoms with Gasteiger partial charge in [-0.25, -0.2) is 0 Å². The maximum atomic E-state index is 12.3. The standard InChI is InChI=1S/C19H28N2O/c20-19(11-12-19)15-17-7-5-16(6-8-17)9-10-18(22)21-13-3-1-2-4-14-21/h5-8H,1-4,9-15,20H2. The Kier molecular flexibility index (Phi) is 4.82. The molecule has 3 nitrogen and oxygen atoms in total. The molecule has 2 aliphatic rings. The van der Waals surface area contributed by atoms with Crippen molar-refractivity contribution in [1.82, 2.24) is 4.90 Å². The first-order valence-electron chi connectivity index (χ1n) is 8.79. The molecule has 1 amide bonds. The lowest BCUT2D eigenvalue weighted by Gasteiger charge is -2.20. The second-order valence-corrected chi connectivity index (χ2v) is 7.15. The molecule has 120 valence electrons. The largest absolute Gasteiger partial charge is 0.343 e. The summed E-state index contributed by atoms with van der Waals surface area (Å²) in [5.41, 5.74) is 8.81. The van der Waals surface area contributed by atoms with E-state index in [-0.39, 0.29) is 5.54 Å². The van der Waals surface area contributed by atoms with Gasteiger partial charge in [0.25, 0.3) is 0 Å². The molecule has 0 aromatic heterocycles. The fourth-order valence-corrected chi connectivity index (χ4v) is 3.30. The molecule has 0 bridgehead atoms. The summed E-state index contributed by atoms with van der Waals surface area (Å²) in [4.78, 5) is 14.4. The van der Waals surface area contributed by atoms with Crippen LogP contribution < -0.4 is 5.73 Å². The van der Waals surface area contributed by atoms with Crippen molar-refractivity contribution in [2.75, 3.05) is 13.1 Å². The Labute approximate surface area is 133 Å². The summed E-state index contributed by atoms with van der Waals surface area (Å²) >= 11 is 0. The van der Waals surface area contributed by atoms with E-state index in [2.05, 4.69) is 29.2 Å². The zero-order valence-electron chi connectivity index (χ0n) is 13.5. The molecule has 1 aliphatic carbocycles. The van der Waals surface area contributed by atoms with Crippen molar-refractivity contribution in [2.45, 2.75) is 63.3 Å². The fourth-order valence-electron chi connectivity index (χ4n) is 3.30. The molecule has 0 atom stereocenters. The molecule has 0 unspecified atom stereocenters.